The van der Waals surface area contributed by atoms with Crippen molar-refractivity contribution < 1.29 is 14.3 Å². The van der Waals surface area contributed by atoms with Crippen LogP contribution in [0.25, 0.3) is 0 Å². The molecule has 2 aromatic rings. The second-order valence-corrected chi connectivity index (χ2v) is 6.00. The average Bonchev–Trinajstić information content (AvgIpc) is 2.67. The molecule has 1 saturated heterocycles. The smallest absolute Gasteiger partial charge is 0.257 e. The van der Waals surface area contributed by atoms with Crippen molar-refractivity contribution in [3.05, 3.63) is 65.7 Å². The second kappa shape index (κ2) is 7.30. The maximum absolute atomic E-state index is 12.7. The number of ketones is 1. The van der Waals surface area contributed by atoms with Crippen LogP contribution in [0.15, 0.2) is 54.6 Å². The van der Waals surface area contributed by atoms with Gasteiger partial charge < -0.3 is 9.64 Å². The number of nitrogens with zero attached hydrogens (tertiary/aromatic N) is 1. The summed E-state index contributed by atoms with van der Waals surface area (Å²) < 4.78 is 5.27. The lowest BCUT2D eigenvalue weighted by Crippen LogP contribution is -2.40. The predicted molar refractivity (Wildman–Crippen MR) is 92.4 cm³/mol. The maximum Gasteiger partial charge on any atom is 0.257 e. The van der Waals surface area contributed by atoms with Gasteiger partial charge in [-0.15, -0.1) is 0 Å². The fraction of sp³-hybridized carbons (Fsp3) is 0.300. The molecule has 1 amide bonds. The van der Waals surface area contributed by atoms with E-state index in [0.29, 0.717) is 37.2 Å². The summed E-state index contributed by atoms with van der Waals surface area (Å²) in [5.41, 5.74) is 1.33. The third-order valence-electron chi connectivity index (χ3n) is 4.55. The Morgan fingerprint density at radius 3 is 2.25 bits per heavy atom. The highest BCUT2D eigenvalue weighted by atomic mass is 16.5. The number of carbonyl (C=O) groups is 2. The van der Waals surface area contributed by atoms with Gasteiger partial charge in [0.15, 0.2) is 5.78 Å². The Labute approximate surface area is 142 Å². The van der Waals surface area contributed by atoms with Crippen molar-refractivity contribution in [3.63, 3.8) is 0 Å². The molecule has 0 saturated carbocycles. The summed E-state index contributed by atoms with van der Waals surface area (Å²) >= 11 is 0. The molecular weight excluding hydrogens is 302 g/mol. The lowest BCUT2D eigenvalue weighted by Gasteiger charge is -2.31. The van der Waals surface area contributed by atoms with Gasteiger partial charge in [0, 0.05) is 24.6 Å². The van der Waals surface area contributed by atoms with Crippen molar-refractivity contribution in [2.24, 2.45) is 5.92 Å². The molecule has 1 fully saturated rings. The van der Waals surface area contributed by atoms with Gasteiger partial charge in [-0.2, -0.15) is 0 Å². The van der Waals surface area contributed by atoms with Crippen LogP contribution in [0, 0.1) is 5.92 Å². The van der Waals surface area contributed by atoms with Gasteiger partial charge >= 0.3 is 0 Å². The molecule has 4 nitrogen and oxygen atoms in total. The number of Topliss-reactive ketones (excluding diaryl/α,β-unsaturated/α-hetero) is 1. The number of para-hydroxylation sites is 1. The second-order valence-electron chi connectivity index (χ2n) is 6.00. The molecule has 1 heterocycles. The minimum atomic E-state index is -0.0296. The first-order chi connectivity index (χ1) is 11.7. The molecule has 0 radical (unpaired) electrons. The molecule has 0 aromatic heterocycles. The number of piperidine rings is 1. The molecule has 0 atom stereocenters. The zero-order valence-corrected chi connectivity index (χ0v) is 13.8. The molecule has 0 N–H and O–H groups in total. The minimum Gasteiger partial charge on any atom is -0.496 e. The first-order valence-electron chi connectivity index (χ1n) is 8.22. The molecule has 0 aliphatic carbocycles. The molecule has 24 heavy (non-hydrogen) atoms. The third kappa shape index (κ3) is 3.32. The minimum absolute atomic E-state index is 0.00545. The summed E-state index contributed by atoms with van der Waals surface area (Å²) in [5.74, 6) is 0.733. The molecule has 2 aromatic carbocycles. The van der Waals surface area contributed by atoms with Gasteiger partial charge in [-0.25, -0.2) is 0 Å². The Morgan fingerprint density at radius 1 is 0.958 bits per heavy atom. The predicted octanol–water partition coefficient (Wildman–Crippen LogP) is 3.43. The molecule has 3 rings (SSSR count). The van der Waals surface area contributed by atoms with Crippen LogP contribution in [0.4, 0.5) is 0 Å². The van der Waals surface area contributed by atoms with Crippen LogP contribution in [0.3, 0.4) is 0 Å². The van der Waals surface area contributed by atoms with Gasteiger partial charge in [-0.3, -0.25) is 9.59 Å². The van der Waals surface area contributed by atoms with Gasteiger partial charge in [0.2, 0.25) is 0 Å². The Hall–Kier alpha value is -2.62. The first kappa shape index (κ1) is 16.2. The number of rotatable bonds is 4. The van der Waals surface area contributed by atoms with Gasteiger partial charge in [0.25, 0.3) is 5.91 Å². The van der Waals surface area contributed by atoms with E-state index in [2.05, 4.69) is 0 Å². The highest BCUT2D eigenvalue weighted by Crippen LogP contribution is 2.25. The number of likely N-dealkylation sites (tertiary alicyclic amines) is 1. The standard InChI is InChI=1S/C20H21NO3/c1-24-18-10-6-5-9-17(18)20(23)21-13-11-16(12-14-21)19(22)15-7-3-2-4-8-15/h2-10,16H,11-14H2,1H3. The molecule has 0 unspecified atom stereocenters. The van der Waals surface area contributed by atoms with E-state index in [4.69, 9.17) is 4.74 Å². The van der Waals surface area contributed by atoms with Crippen LogP contribution in [-0.2, 0) is 0 Å². The van der Waals surface area contributed by atoms with Crippen molar-refractivity contribution in [1.29, 1.82) is 0 Å². The van der Waals surface area contributed by atoms with E-state index in [1.165, 1.54) is 0 Å². The van der Waals surface area contributed by atoms with Gasteiger partial charge in [-0.05, 0) is 25.0 Å². The number of amides is 1. The fourth-order valence-corrected chi connectivity index (χ4v) is 3.17. The van der Waals surface area contributed by atoms with Crippen molar-refractivity contribution in [2.45, 2.75) is 12.8 Å². The summed E-state index contributed by atoms with van der Waals surface area (Å²) in [4.78, 5) is 27.0. The quantitative estimate of drug-likeness (QED) is 0.810. The van der Waals surface area contributed by atoms with Gasteiger partial charge in [-0.1, -0.05) is 42.5 Å². The van der Waals surface area contributed by atoms with E-state index >= 15 is 0 Å². The van der Waals surface area contributed by atoms with E-state index in [-0.39, 0.29) is 17.6 Å². The van der Waals surface area contributed by atoms with Gasteiger partial charge in [0.05, 0.1) is 12.7 Å². The molecule has 124 valence electrons. The summed E-state index contributed by atoms with van der Waals surface area (Å²) in [6.45, 7) is 1.19. The SMILES string of the molecule is COc1ccccc1C(=O)N1CCC(C(=O)c2ccccc2)CC1. The molecule has 0 bridgehead atoms. The van der Waals surface area contributed by atoms with E-state index in [1.54, 1.807) is 19.2 Å². The van der Waals surface area contributed by atoms with Crippen LogP contribution in [-0.4, -0.2) is 36.8 Å². The number of carbonyl (C=O) groups excluding carboxylic acids is 2. The number of hydrogen-bond donors (Lipinski definition) is 0. The third-order valence-corrected chi connectivity index (χ3v) is 4.55. The largest absolute Gasteiger partial charge is 0.496 e. The monoisotopic (exact) mass is 323 g/mol. The van der Waals surface area contributed by atoms with Gasteiger partial charge in [0.1, 0.15) is 5.75 Å². The Balaban J connectivity index is 1.65. The summed E-state index contributed by atoms with van der Waals surface area (Å²) in [5, 5.41) is 0. The lowest BCUT2D eigenvalue weighted by molar-refractivity contribution is 0.0647. The van der Waals surface area contributed by atoms with E-state index in [9.17, 15) is 9.59 Å². The molecule has 4 heteroatoms. The van der Waals surface area contributed by atoms with Crippen LogP contribution < -0.4 is 4.74 Å². The Kier molecular flexibility index (Phi) is 4.94. The number of benzene rings is 2. The molecular formula is C20H21NO3. The van der Waals surface area contributed by atoms with Crippen LogP contribution in [0.2, 0.25) is 0 Å². The molecule has 1 aliphatic rings. The average molecular weight is 323 g/mol. The Morgan fingerprint density at radius 2 is 1.58 bits per heavy atom. The highest BCUT2D eigenvalue weighted by Gasteiger charge is 2.29. The normalized spacial score (nSPS) is 15.1. The summed E-state index contributed by atoms with van der Waals surface area (Å²) in [6.07, 6.45) is 1.41. The Bertz CT molecular complexity index is 719. The summed E-state index contributed by atoms with van der Waals surface area (Å²) in [7, 11) is 1.57. The van der Waals surface area contributed by atoms with E-state index < -0.39 is 0 Å². The van der Waals surface area contributed by atoms with E-state index in [0.717, 1.165) is 5.56 Å². The number of methoxy groups -OCH3 is 1. The summed E-state index contributed by atoms with van der Waals surface area (Å²) in [6, 6.07) is 16.6. The van der Waals surface area contributed by atoms with Crippen molar-refractivity contribution >= 4 is 11.7 Å². The van der Waals surface area contributed by atoms with Crippen LogP contribution >= 0.6 is 0 Å². The van der Waals surface area contributed by atoms with Crippen molar-refractivity contribution in [3.8, 4) is 5.75 Å². The van der Waals surface area contributed by atoms with Crippen LogP contribution in [0.5, 0.6) is 5.75 Å². The molecule has 0 spiro atoms. The molecule has 1 aliphatic heterocycles. The lowest BCUT2D eigenvalue weighted by atomic mass is 9.88. The highest BCUT2D eigenvalue weighted by molar-refractivity contribution is 5.99. The zero-order valence-electron chi connectivity index (χ0n) is 13.8. The number of hydrogen-bond acceptors (Lipinski definition) is 3. The van der Waals surface area contributed by atoms with Crippen LogP contribution in [0.1, 0.15) is 33.6 Å². The fourth-order valence-electron chi connectivity index (χ4n) is 3.17. The van der Waals surface area contributed by atoms with E-state index in [1.807, 2.05) is 47.4 Å². The number of ether oxygens (including phenoxy) is 1. The zero-order chi connectivity index (χ0) is 16.9. The van der Waals surface area contributed by atoms with Crippen molar-refractivity contribution in [2.75, 3.05) is 20.2 Å². The first-order valence-corrected chi connectivity index (χ1v) is 8.22. The topological polar surface area (TPSA) is 46.6 Å². The van der Waals surface area contributed by atoms with Crippen molar-refractivity contribution in [1.82, 2.24) is 4.90 Å². The maximum atomic E-state index is 12.7.